The Labute approximate surface area is 108 Å². The Morgan fingerprint density at radius 3 is 2.78 bits per heavy atom. The fraction of sp³-hybridized carbons (Fsp3) is 0.429. The summed E-state index contributed by atoms with van der Waals surface area (Å²) in [5, 5.41) is 7.84. The molecule has 0 spiro atoms. The Morgan fingerprint density at radius 1 is 1.33 bits per heavy atom. The molecular formula is C14H20N4. The van der Waals surface area contributed by atoms with Gasteiger partial charge in [-0.1, -0.05) is 6.07 Å². The quantitative estimate of drug-likeness (QED) is 0.877. The number of hydrogen-bond acceptors (Lipinski definition) is 3. The fourth-order valence-electron chi connectivity index (χ4n) is 1.82. The molecule has 2 heterocycles. The molecule has 0 radical (unpaired) electrons. The van der Waals surface area contributed by atoms with E-state index in [2.05, 4.69) is 42.4 Å². The lowest BCUT2D eigenvalue weighted by Crippen LogP contribution is -2.33. The Bertz CT molecular complexity index is 478. The summed E-state index contributed by atoms with van der Waals surface area (Å²) in [6, 6.07) is 6.63. The molecule has 2 atom stereocenters. The van der Waals surface area contributed by atoms with Crippen molar-refractivity contribution in [3.8, 4) is 0 Å². The van der Waals surface area contributed by atoms with Crippen LogP contribution in [0.5, 0.6) is 0 Å². The number of aromatic nitrogens is 3. The van der Waals surface area contributed by atoms with Crippen molar-refractivity contribution in [2.24, 2.45) is 0 Å². The van der Waals surface area contributed by atoms with E-state index in [1.165, 1.54) is 5.56 Å². The van der Waals surface area contributed by atoms with Crippen LogP contribution in [-0.2, 0) is 6.54 Å². The maximum atomic E-state index is 4.35. The molecule has 96 valence electrons. The lowest BCUT2D eigenvalue weighted by Gasteiger charge is -2.21. The Balaban J connectivity index is 1.90. The summed E-state index contributed by atoms with van der Waals surface area (Å²) in [7, 11) is 0. The van der Waals surface area contributed by atoms with Gasteiger partial charge in [-0.25, -0.2) is 0 Å². The average molecular weight is 244 g/mol. The van der Waals surface area contributed by atoms with E-state index in [1.807, 2.05) is 35.3 Å². The normalized spacial score (nSPS) is 14.4. The van der Waals surface area contributed by atoms with Gasteiger partial charge in [0.25, 0.3) is 0 Å². The number of rotatable bonds is 5. The highest BCUT2D eigenvalue weighted by Crippen LogP contribution is 2.11. The molecule has 0 unspecified atom stereocenters. The van der Waals surface area contributed by atoms with Gasteiger partial charge in [0.1, 0.15) is 0 Å². The van der Waals surface area contributed by atoms with Gasteiger partial charge in [-0.05, 0) is 38.5 Å². The summed E-state index contributed by atoms with van der Waals surface area (Å²) < 4.78 is 2.01. The molecule has 0 fully saturated rings. The molecule has 2 rings (SSSR count). The number of hydrogen-bond donors (Lipinski definition) is 1. The van der Waals surface area contributed by atoms with Crippen molar-refractivity contribution in [2.75, 3.05) is 0 Å². The molecule has 0 aliphatic carbocycles. The molecule has 2 aromatic heterocycles. The van der Waals surface area contributed by atoms with E-state index in [0.717, 1.165) is 12.2 Å². The number of nitrogens with one attached hydrogen (secondary N) is 1. The van der Waals surface area contributed by atoms with Gasteiger partial charge in [-0.15, -0.1) is 0 Å². The van der Waals surface area contributed by atoms with E-state index in [9.17, 15) is 0 Å². The third-order valence-electron chi connectivity index (χ3n) is 3.20. The minimum absolute atomic E-state index is 0.322. The molecule has 0 bridgehead atoms. The SMILES string of the molecule is Cc1cnn([C@@H](C)[C@@H](C)NCc2ccccn2)c1. The smallest absolute Gasteiger partial charge is 0.0641 e. The number of aryl methyl sites for hydroxylation is 1. The van der Waals surface area contributed by atoms with E-state index in [4.69, 9.17) is 0 Å². The molecular weight excluding hydrogens is 224 g/mol. The molecule has 0 aromatic carbocycles. The van der Waals surface area contributed by atoms with Crippen molar-refractivity contribution in [1.29, 1.82) is 0 Å². The first-order valence-electron chi connectivity index (χ1n) is 6.31. The summed E-state index contributed by atoms with van der Waals surface area (Å²) in [5.74, 6) is 0. The van der Waals surface area contributed by atoms with E-state index in [0.29, 0.717) is 12.1 Å². The summed E-state index contributed by atoms with van der Waals surface area (Å²) in [6.07, 6.45) is 5.79. The van der Waals surface area contributed by atoms with Crippen molar-refractivity contribution in [1.82, 2.24) is 20.1 Å². The molecule has 4 nitrogen and oxygen atoms in total. The Kier molecular flexibility index (Phi) is 4.10. The third-order valence-corrected chi connectivity index (χ3v) is 3.20. The zero-order valence-electron chi connectivity index (χ0n) is 11.2. The van der Waals surface area contributed by atoms with E-state index in [-0.39, 0.29) is 0 Å². The molecule has 0 aliphatic rings. The summed E-state index contributed by atoms with van der Waals surface area (Å²) in [5.41, 5.74) is 2.26. The van der Waals surface area contributed by atoms with Crippen LogP contribution >= 0.6 is 0 Å². The second-order valence-corrected chi connectivity index (χ2v) is 4.73. The molecule has 4 heteroatoms. The monoisotopic (exact) mass is 244 g/mol. The van der Waals surface area contributed by atoms with E-state index in [1.54, 1.807) is 0 Å². The minimum atomic E-state index is 0.322. The highest BCUT2D eigenvalue weighted by Gasteiger charge is 2.14. The summed E-state index contributed by atoms with van der Waals surface area (Å²) >= 11 is 0. The van der Waals surface area contributed by atoms with Crippen LogP contribution < -0.4 is 5.32 Å². The highest BCUT2D eigenvalue weighted by atomic mass is 15.3. The standard InChI is InChI=1S/C14H20N4/c1-11-8-17-18(10-11)13(3)12(2)16-9-14-6-4-5-7-15-14/h4-8,10,12-13,16H,9H2,1-3H3/t12-,13+/m1/s1. The zero-order valence-corrected chi connectivity index (χ0v) is 11.2. The van der Waals surface area contributed by atoms with E-state index < -0.39 is 0 Å². The van der Waals surface area contributed by atoms with Crippen LogP contribution in [0.3, 0.4) is 0 Å². The third kappa shape index (κ3) is 3.17. The van der Waals surface area contributed by atoms with Crippen molar-refractivity contribution in [2.45, 2.75) is 39.4 Å². The van der Waals surface area contributed by atoms with Gasteiger partial charge in [0, 0.05) is 25.0 Å². The van der Waals surface area contributed by atoms with E-state index >= 15 is 0 Å². The largest absolute Gasteiger partial charge is 0.307 e. The Morgan fingerprint density at radius 2 is 2.17 bits per heavy atom. The first-order chi connectivity index (χ1) is 8.66. The average Bonchev–Trinajstić information content (AvgIpc) is 2.83. The van der Waals surface area contributed by atoms with Crippen LogP contribution in [0.2, 0.25) is 0 Å². The first kappa shape index (κ1) is 12.8. The van der Waals surface area contributed by atoms with Crippen molar-refractivity contribution in [3.63, 3.8) is 0 Å². The summed E-state index contributed by atoms with van der Waals surface area (Å²) in [4.78, 5) is 4.30. The van der Waals surface area contributed by atoms with Gasteiger partial charge in [0.15, 0.2) is 0 Å². The first-order valence-corrected chi connectivity index (χ1v) is 6.31. The van der Waals surface area contributed by atoms with Gasteiger partial charge < -0.3 is 5.32 Å². The van der Waals surface area contributed by atoms with Crippen LogP contribution in [0.25, 0.3) is 0 Å². The lowest BCUT2D eigenvalue weighted by atomic mass is 10.1. The van der Waals surface area contributed by atoms with Gasteiger partial charge in [-0.3, -0.25) is 9.67 Å². The lowest BCUT2D eigenvalue weighted by molar-refractivity contribution is 0.363. The predicted octanol–water partition coefficient (Wildman–Crippen LogP) is 2.33. The molecule has 18 heavy (non-hydrogen) atoms. The Hall–Kier alpha value is -1.68. The van der Waals surface area contributed by atoms with Crippen molar-refractivity contribution < 1.29 is 0 Å². The maximum absolute atomic E-state index is 4.35. The minimum Gasteiger partial charge on any atom is -0.307 e. The zero-order chi connectivity index (χ0) is 13.0. The van der Waals surface area contributed by atoms with Crippen LogP contribution in [0, 0.1) is 6.92 Å². The topological polar surface area (TPSA) is 42.7 Å². The van der Waals surface area contributed by atoms with Gasteiger partial charge in [0.2, 0.25) is 0 Å². The van der Waals surface area contributed by atoms with Crippen molar-refractivity contribution in [3.05, 3.63) is 48.0 Å². The molecule has 1 N–H and O–H groups in total. The van der Waals surface area contributed by atoms with Crippen LogP contribution in [0.1, 0.15) is 31.1 Å². The van der Waals surface area contributed by atoms with Crippen LogP contribution in [0.4, 0.5) is 0 Å². The molecule has 2 aromatic rings. The van der Waals surface area contributed by atoms with Crippen molar-refractivity contribution >= 4 is 0 Å². The number of nitrogens with zero attached hydrogens (tertiary/aromatic N) is 3. The predicted molar refractivity (Wildman–Crippen MR) is 72.2 cm³/mol. The van der Waals surface area contributed by atoms with Crippen LogP contribution in [0.15, 0.2) is 36.8 Å². The van der Waals surface area contributed by atoms with Crippen LogP contribution in [-0.4, -0.2) is 20.8 Å². The van der Waals surface area contributed by atoms with Gasteiger partial charge >= 0.3 is 0 Å². The second kappa shape index (κ2) is 5.78. The molecule has 0 amide bonds. The highest BCUT2D eigenvalue weighted by molar-refractivity contribution is 5.04. The van der Waals surface area contributed by atoms with Gasteiger partial charge in [-0.2, -0.15) is 5.10 Å². The maximum Gasteiger partial charge on any atom is 0.0641 e. The summed E-state index contributed by atoms with van der Waals surface area (Å²) in [6.45, 7) is 7.18. The number of pyridine rings is 1. The molecule has 0 saturated carbocycles. The molecule has 0 saturated heterocycles. The van der Waals surface area contributed by atoms with Gasteiger partial charge in [0.05, 0.1) is 17.9 Å². The second-order valence-electron chi connectivity index (χ2n) is 4.73. The molecule has 0 aliphatic heterocycles. The fourth-order valence-corrected chi connectivity index (χ4v) is 1.82.